The van der Waals surface area contributed by atoms with Gasteiger partial charge in [-0.2, -0.15) is 0 Å². The molecule has 43 valence electrons. The molecule has 4 N–H and O–H groups in total. The lowest BCUT2D eigenvalue weighted by Gasteiger charge is -1.95. The van der Waals surface area contributed by atoms with E-state index < -0.39 is 0 Å². The minimum atomic E-state index is 0.104. The predicted molar refractivity (Wildman–Crippen MR) is 30.1 cm³/mol. The quantitative estimate of drug-likeness (QED) is 0.249. The molecule has 0 saturated heterocycles. The summed E-state index contributed by atoms with van der Waals surface area (Å²) in [5, 5.41) is 14.5. The van der Waals surface area contributed by atoms with Crippen molar-refractivity contribution >= 4 is 13.9 Å². The molecule has 5 heteroatoms. The van der Waals surface area contributed by atoms with E-state index in [2.05, 4.69) is 4.65 Å². The molecular formula is C3H6BN2O2. The molecule has 0 fully saturated rings. The maximum Gasteiger partial charge on any atom is 0.569 e. The van der Waals surface area contributed by atoms with E-state index >= 15 is 0 Å². The van der Waals surface area contributed by atoms with Crippen LogP contribution < -0.4 is 5.73 Å². The average molecular weight is 113 g/mol. The van der Waals surface area contributed by atoms with Crippen molar-refractivity contribution in [2.24, 2.45) is 5.73 Å². The van der Waals surface area contributed by atoms with Gasteiger partial charge in [-0.3, -0.25) is 0 Å². The van der Waals surface area contributed by atoms with Gasteiger partial charge in [0, 0.05) is 6.20 Å². The summed E-state index contributed by atoms with van der Waals surface area (Å²) in [6.07, 6.45) is 1.95. The van der Waals surface area contributed by atoms with Gasteiger partial charge in [0.1, 0.15) is 5.76 Å². The van der Waals surface area contributed by atoms with Gasteiger partial charge in [0.05, 0.1) is 6.21 Å². The Bertz CT molecular complexity index is 103. The van der Waals surface area contributed by atoms with Gasteiger partial charge in [-0.25, -0.2) is 0 Å². The lowest BCUT2D eigenvalue weighted by atomic mass is 10.4. The smallest absolute Gasteiger partial charge is 0.535 e. The summed E-state index contributed by atoms with van der Waals surface area (Å²) in [7, 11) is 0.462. The number of hydrogen-bond acceptors (Lipinski definition) is 4. The van der Waals surface area contributed by atoms with E-state index in [0.717, 1.165) is 12.4 Å². The van der Waals surface area contributed by atoms with Crippen LogP contribution in [-0.2, 0) is 4.65 Å². The first-order valence-corrected chi connectivity index (χ1v) is 1.90. The molecule has 0 heterocycles. The van der Waals surface area contributed by atoms with Crippen molar-refractivity contribution in [2.75, 3.05) is 0 Å². The van der Waals surface area contributed by atoms with Crippen LogP contribution in [0.15, 0.2) is 12.0 Å². The van der Waals surface area contributed by atoms with Crippen molar-refractivity contribution < 1.29 is 9.68 Å². The summed E-state index contributed by atoms with van der Waals surface area (Å²) in [6.45, 7) is 0. The molecule has 0 aliphatic rings. The van der Waals surface area contributed by atoms with E-state index in [1.807, 2.05) is 0 Å². The molecule has 4 nitrogen and oxygen atoms in total. The molecule has 0 atom stereocenters. The van der Waals surface area contributed by atoms with Gasteiger partial charge in [0.2, 0.25) is 0 Å². The fourth-order valence-corrected chi connectivity index (χ4v) is 0.182. The normalized spacial score (nSPS) is 10.4. The Balaban J connectivity index is 3.54. The van der Waals surface area contributed by atoms with E-state index in [4.69, 9.17) is 16.2 Å². The van der Waals surface area contributed by atoms with Crippen LogP contribution in [0.5, 0.6) is 0 Å². The second-order valence-corrected chi connectivity index (χ2v) is 0.937. The molecular weight excluding hydrogens is 107 g/mol. The summed E-state index contributed by atoms with van der Waals surface area (Å²) in [5.74, 6) is 0.104. The number of nitrogens with one attached hydrogen (secondary N) is 1. The number of nitrogens with two attached hydrogens (primary N) is 1. The van der Waals surface area contributed by atoms with Crippen LogP contribution >= 0.6 is 0 Å². The van der Waals surface area contributed by atoms with E-state index in [1.165, 1.54) is 0 Å². The highest BCUT2D eigenvalue weighted by atomic mass is 16.5. The summed E-state index contributed by atoms with van der Waals surface area (Å²) < 4.78 is 4.26. The third-order valence-electron chi connectivity index (χ3n) is 0.495. The van der Waals surface area contributed by atoms with Gasteiger partial charge >= 0.3 is 7.69 Å². The maximum absolute atomic E-state index is 7.95. The van der Waals surface area contributed by atoms with Crippen LogP contribution in [-0.4, -0.2) is 18.9 Å². The van der Waals surface area contributed by atoms with Gasteiger partial charge in [-0.05, 0) is 0 Å². The molecule has 0 aromatic rings. The van der Waals surface area contributed by atoms with Crippen molar-refractivity contribution in [1.29, 1.82) is 5.41 Å². The highest BCUT2D eigenvalue weighted by Gasteiger charge is 1.89. The summed E-state index contributed by atoms with van der Waals surface area (Å²) in [5.41, 5.74) is 4.90. The highest BCUT2D eigenvalue weighted by molar-refractivity contribution is 6.17. The van der Waals surface area contributed by atoms with Gasteiger partial charge in [0.25, 0.3) is 0 Å². The van der Waals surface area contributed by atoms with Crippen molar-refractivity contribution in [3.63, 3.8) is 0 Å². The molecule has 0 unspecified atom stereocenters. The second kappa shape index (κ2) is 4.20. The first kappa shape index (κ1) is 7.03. The van der Waals surface area contributed by atoms with E-state index in [1.54, 1.807) is 0 Å². The SMILES string of the molecule is N=C/C(=C\N)O[B]O. The Morgan fingerprint density at radius 1 is 1.88 bits per heavy atom. The molecule has 1 radical (unpaired) electrons. The fourth-order valence-electron chi connectivity index (χ4n) is 0.182. The van der Waals surface area contributed by atoms with E-state index in [9.17, 15) is 0 Å². The lowest BCUT2D eigenvalue weighted by Crippen LogP contribution is -2.00. The second-order valence-electron chi connectivity index (χ2n) is 0.937. The first-order chi connectivity index (χ1) is 3.85. The third kappa shape index (κ3) is 2.25. The molecule has 0 aliphatic heterocycles. The Morgan fingerprint density at radius 3 is 2.62 bits per heavy atom. The summed E-state index contributed by atoms with van der Waals surface area (Å²) in [4.78, 5) is 0. The number of rotatable bonds is 3. The van der Waals surface area contributed by atoms with Crippen LogP contribution in [0.4, 0.5) is 0 Å². The van der Waals surface area contributed by atoms with Crippen molar-refractivity contribution in [3.05, 3.63) is 12.0 Å². The molecule has 0 saturated carbocycles. The Kier molecular flexibility index (Phi) is 3.69. The molecule has 0 aliphatic carbocycles. The monoisotopic (exact) mass is 113 g/mol. The minimum Gasteiger partial charge on any atom is -0.535 e. The fraction of sp³-hybridized carbons (Fsp3) is 0. The Labute approximate surface area is 47.8 Å². The topological polar surface area (TPSA) is 79.3 Å². The molecule has 0 aromatic carbocycles. The first-order valence-electron chi connectivity index (χ1n) is 1.90. The number of allylic oxidation sites excluding steroid dienone is 1. The van der Waals surface area contributed by atoms with E-state index in [0.29, 0.717) is 7.69 Å². The van der Waals surface area contributed by atoms with Crippen molar-refractivity contribution in [1.82, 2.24) is 0 Å². The van der Waals surface area contributed by atoms with Crippen LogP contribution in [0.1, 0.15) is 0 Å². The molecule has 0 amide bonds. The molecule has 0 aromatic heterocycles. The molecule has 8 heavy (non-hydrogen) atoms. The molecule has 0 bridgehead atoms. The minimum absolute atomic E-state index is 0.104. The van der Waals surface area contributed by atoms with Crippen LogP contribution in [0.3, 0.4) is 0 Å². The third-order valence-corrected chi connectivity index (χ3v) is 0.495. The summed E-state index contributed by atoms with van der Waals surface area (Å²) >= 11 is 0. The largest absolute Gasteiger partial charge is 0.569 e. The zero-order valence-corrected chi connectivity index (χ0v) is 4.16. The highest BCUT2D eigenvalue weighted by Crippen LogP contribution is 1.84. The van der Waals surface area contributed by atoms with Gasteiger partial charge in [-0.1, -0.05) is 0 Å². The number of hydrogen-bond donors (Lipinski definition) is 3. The maximum atomic E-state index is 7.95. The zero-order valence-electron chi connectivity index (χ0n) is 4.16. The van der Waals surface area contributed by atoms with Gasteiger partial charge in [0.15, 0.2) is 0 Å². The Hall–Kier alpha value is -0.965. The average Bonchev–Trinajstić information content (AvgIpc) is 1.83. The van der Waals surface area contributed by atoms with E-state index in [-0.39, 0.29) is 5.76 Å². The van der Waals surface area contributed by atoms with Crippen LogP contribution in [0.2, 0.25) is 0 Å². The Morgan fingerprint density at radius 2 is 2.50 bits per heavy atom. The van der Waals surface area contributed by atoms with Crippen molar-refractivity contribution in [3.8, 4) is 0 Å². The standard InChI is InChI=1S/C3H6BN2O2/c5-1-3(2-6)8-4-7/h1-2,5,7H,6H2/b3-2+,5-1?. The van der Waals surface area contributed by atoms with Crippen LogP contribution in [0, 0.1) is 5.41 Å². The predicted octanol–water partition coefficient (Wildman–Crippen LogP) is -1.02. The molecule has 0 spiro atoms. The van der Waals surface area contributed by atoms with Crippen molar-refractivity contribution in [2.45, 2.75) is 0 Å². The molecule has 0 rings (SSSR count). The van der Waals surface area contributed by atoms with Gasteiger partial charge < -0.3 is 20.8 Å². The zero-order chi connectivity index (χ0) is 6.41. The van der Waals surface area contributed by atoms with Gasteiger partial charge in [-0.15, -0.1) is 0 Å². The summed E-state index contributed by atoms with van der Waals surface area (Å²) in [6, 6.07) is 0. The van der Waals surface area contributed by atoms with Crippen LogP contribution in [0.25, 0.3) is 0 Å². The lowest BCUT2D eigenvalue weighted by molar-refractivity contribution is 0.389.